The van der Waals surface area contributed by atoms with Gasteiger partial charge in [0, 0.05) is 15.9 Å². The number of carbonyl (C=O) groups excluding carboxylic acids is 1. The van der Waals surface area contributed by atoms with Crippen molar-refractivity contribution >= 4 is 57.5 Å². The number of thiophene rings is 1. The maximum atomic E-state index is 12.5. The number of aromatic nitrogens is 2. The van der Waals surface area contributed by atoms with Crippen LogP contribution in [-0.4, -0.2) is 21.9 Å². The van der Waals surface area contributed by atoms with E-state index < -0.39 is 0 Å². The van der Waals surface area contributed by atoms with Crippen molar-refractivity contribution in [1.82, 2.24) is 10.2 Å². The van der Waals surface area contributed by atoms with E-state index in [9.17, 15) is 10.1 Å². The van der Waals surface area contributed by atoms with Crippen LogP contribution in [0.5, 0.6) is 0 Å². The Kier molecular flexibility index (Phi) is 6.14. The van der Waals surface area contributed by atoms with Crippen LogP contribution in [-0.2, 0) is 10.2 Å². The molecule has 9 heteroatoms. The molecule has 0 spiro atoms. The van der Waals surface area contributed by atoms with Gasteiger partial charge in [0.2, 0.25) is 5.91 Å². The number of carbonyl (C=O) groups is 1. The number of nitrogens with zero attached hydrogens (tertiary/aromatic N) is 3. The van der Waals surface area contributed by atoms with E-state index in [2.05, 4.69) is 35.4 Å². The molecule has 31 heavy (non-hydrogen) atoms. The Bertz CT molecular complexity index is 1210. The predicted molar refractivity (Wildman–Crippen MR) is 126 cm³/mol. The minimum Gasteiger partial charge on any atom is -0.462 e. The van der Waals surface area contributed by atoms with Crippen molar-refractivity contribution < 1.29 is 9.21 Å². The second kappa shape index (κ2) is 8.83. The highest BCUT2D eigenvalue weighted by atomic mass is 32.2. The van der Waals surface area contributed by atoms with Gasteiger partial charge in [-0.1, -0.05) is 43.0 Å². The first-order chi connectivity index (χ1) is 14.9. The first kappa shape index (κ1) is 21.6. The van der Waals surface area contributed by atoms with Crippen molar-refractivity contribution in [3.63, 3.8) is 0 Å². The van der Waals surface area contributed by atoms with Gasteiger partial charge >= 0.3 is 0 Å². The van der Waals surface area contributed by atoms with Crippen molar-refractivity contribution in [2.75, 3.05) is 11.1 Å². The summed E-state index contributed by atoms with van der Waals surface area (Å²) in [5.74, 6) is 1.73. The lowest BCUT2D eigenvalue weighted by Crippen LogP contribution is -2.20. The molecule has 1 aliphatic carbocycles. The second-order valence-electron chi connectivity index (χ2n) is 7.76. The molecule has 0 aliphatic heterocycles. The summed E-state index contributed by atoms with van der Waals surface area (Å²) in [6.07, 6.45) is 6.87. The number of hydrogen-bond donors (Lipinski definition) is 1. The minimum absolute atomic E-state index is 0.149. The number of aryl methyl sites for hydroxylation is 1. The maximum Gasteiger partial charge on any atom is 0.235 e. The molecule has 1 aliphatic rings. The van der Waals surface area contributed by atoms with Gasteiger partial charge in [0.15, 0.2) is 4.34 Å². The Morgan fingerprint density at radius 1 is 1.42 bits per heavy atom. The number of allylic oxidation sites excluding steroid dienone is 2. The molecule has 0 radical (unpaired) electrons. The fraction of sp³-hybridized carbons (Fsp3) is 0.273. The van der Waals surface area contributed by atoms with Crippen molar-refractivity contribution in [1.29, 1.82) is 5.26 Å². The molecule has 3 aromatic heterocycles. The van der Waals surface area contributed by atoms with Crippen LogP contribution in [0.3, 0.4) is 0 Å². The SMILES string of the molecule is Cc1ccc(/C=C/C2=Cc3c(sc(NC(=O)CSc4nncs4)c3C#N)C(C)(C)C2)o1. The van der Waals surface area contributed by atoms with Gasteiger partial charge < -0.3 is 9.73 Å². The van der Waals surface area contributed by atoms with Crippen molar-refractivity contribution in [2.45, 2.75) is 36.9 Å². The zero-order valence-corrected chi connectivity index (χ0v) is 19.7. The van der Waals surface area contributed by atoms with Gasteiger partial charge in [-0.3, -0.25) is 4.79 Å². The number of hydrogen-bond acceptors (Lipinski definition) is 8. The van der Waals surface area contributed by atoms with Gasteiger partial charge in [0.25, 0.3) is 0 Å². The molecule has 3 heterocycles. The van der Waals surface area contributed by atoms with Crippen molar-refractivity contribution in [3.8, 4) is 6.07 Å². The van der Waals surface area contributed by atoms with E-state index in [1.807, 2.05) is 37.3 Å². The summed E-state index contributed by atoms with van der Waals surface area (Å²) in [5.41, 5.74) is 4.01. The summed E-state index contributed by atoms with van der Waals surface area (Å²) in [5, 5.41) is 21.1. The molecular weight excluding hydrogens is 448 g/mol. The van der Waals surface area contributed by atoms with E-state index in [-0.39, 0.29) is 17.1 Å². The predicted octanol–water partition coefficient (Wildman–Crippen LogP) is 5.88. The monoisotopic (exact) mass is 468 g/mol. The highest BCUT2D eigenvalue weighted by Gasteiger charge is 2.33. The largest absolute Gasteiger partial charge is 0.462 e. The number of nitrogens with one attached hydrogen (secondary N) is 1. The Balaban J connectivity index is 1.58. The molecule has 1 amide bonds. The van der Waals surface area contributed by atoms with Gasteiger partial charge in [-0.2, -0.15) is 5.26 Å². The lowest BCUT2D eigenvalue weighted by Gasteiger charge is -2.29. The number of nitriles is 1. The first-order valence-corrected chi connectivity index (χ1v) is 12.2. The molecule has 6 nitrogen and oxygen atoms in total. The quantitative estimate of drug-likeness (QED) is 0.454. The van der Waals surface area contributed by atoms with E-state index in [1.165, 1.54) is 34.4 Å². The zero-order chi connectivity index (χ0) is 22.0. The third kappa shape index (κ3) is 4.82. The summed E-state index contributed by atoms with van der Waals surface area (Å²) in [6.45, 7) is 6.25. The number of anilines is 1. The average Bonchev–Trinajstić information content (AvgIpc) is 3.45. The Morgan fingerprint density at radius 3 is 2.94 bits per heavy atom. The minimum atomic E-state index is -0.162. The Morgan fingerprint density at radius 2 is 2.26 bits per heavy atom. The van der Waals surface area contributed by atoms with Crippen LogP contribution >= 0.6 is 34.4 Å². The van der Waals surface area contributed by atoms with Gasteiger partial charge in [-0.15, -0.1) is 21.5 Å². The molecular formula is C22H20N4O2S3. The van der Waals surface area contributed by atoms with Gasteiger partial charge in [0.1, 0.15) is 28.1 Å². The average molecular weight is 469 g/mol. The van der Waals surface area contributed by atoms with Gasteiger partial charge in [-0.25, -0.2) is 0 Å². The molecule has 0 aromatic carbocycles. The van der Waals surface area contributed by atoms with Gasteiger partial charge in [0.05, 0.1) is 11.3 Å². The number of fused-ring (bicyclic) bond motifs is 1. The van der Waals surface area contributed by atoms with E-state index in [0.717, 1.165) is 38.3 Å². The number of thioether (sulfide) groups is 1. The van der Waals surface area contributed by atoms with E-state index in [4.69, 9.17) is 4.42 Å². The van der Waals surface area contributed by atoms with E-state index in [0.29, 0.717) is 10.6 Å². The third-order valence-corrected chi connectivity index (χ3v) is 8.14. The summed E-state index contributed by atoms with van der Waals surface area (Å²) in [7, 11) is 0. The molecule has 1 N–H and O–H groups in total. The van der Waals surface area contributed by atoms with Crippen molar-refractivity contribution in [2.24, 2.45) is 0 Å². The molecule has 0 unspecified atom stereocenters. The van der Waals surface area contributed by atoms with Crippen LogP contribution in [0, 0.1) is 18.3 Å². The summed E-state index contributed by atoms with van der Waals surface area (Å²) in [6, 6.07) is 6.16. The molecule has 0 saturated carbocycles. The standard InChI is InChI=1S/C22H20N4O2S3/c1-13-4-6-15(28-13)7-5-14-8-16-17(10-23)20(31-19(16)22(2,3)9-14)25-18(27)11-29-21-26-24-12-30-21/h4-8,12H,9,11H2,1-3H3,(H,25,27)/b7-5+. The lowest BCUT2D eigenvalue weighted by molar-refractivity contribution is -0.113. The van der Waals surface area contributed by atoms with Gasteiger partial charge in [-0.05, 0) is 43.2 Å². The zero-order valence-electron chi connectivity index (χ0n) is 17.3. The van der Waals surface area contributed by atoms with Crippen LogP contribution in [0.25, 0.3) is 12.2 Å². The fourth-order valence-electron chi connectivity index (χ4n) is 3.47. The van der Waals surface area contributed by atoms with E-state index in [1.54, 1.807) is 5.51 Å². The molecule has 0 saturated heterocycles. The Hall–Kier alpha value is -2.67. The first-order valence-electron chi connectivity index (χ1n) is 9.57. The van der Waals surface area contributed by atoms with Crippen LogP contribution in [0.15, 0.2) is 38.0 Å². The molecule has 0 atom stereocenters. The van der Waals surface area contributed by atoms with E-state index >= 15 is 0 Å². The number of amides is 1. The molecule has 0 bridgehead atoms. The topological polar surface area (TPSA) is 91.8 Å². The number of furan rings is 1. The smallest absolute Gasteiger partial charge is 0.235 e. The highest BCUT2D eigenvalue weighted by Crippen LogP contribution is 2.47. The Labute approximate surface area is 192 Å². The van der Waals surface area contributed by atoms with Crippen LogP contribution in [0.1, 0.15) is 47.8 Å². The van der Waals surface area contributed by atoms with Crippen LogP contribution in [0.2, 0.25) is 0 Å². The van der Waals surface area contributed by atoms with Crippen molar-refractivity contribution in [3.05, 3.63) is 56.8 Å². The molecule has 3 aromatic rings. The summed E-state index contributed by atoms with van der Waals surface area (Å²) < 4.78 is 6.36. The highest BCUT2D eigenvalue weighted by molar-refractivity contribution is 8.01. The van der Waals surface area contributed by atoms with Crippen LogP contribution in [0.4, 0.5) is 5.00 Å². The second-order valence-corrected chi connectivity index (χ2v) is 10.8. The summed E-state index contributed by atoms with van der Waals surface area (Å²) in [4.78, 5) is 13.6. The molecule has 4 rings (SSSR count). The third-order valence-electron chi connectivity index (χ3n) is 4.79. The fourth-order valence-corrected chi connectivity index (χ4v) is 6.00. The maximum absolute atomic E-state index is 12.5. The molecule has 158 valence electrons. The number of rotatable bonds is 6. The lowest BCUT2D eigenvalue weighted by atomic mass is 9.77. The van der Waals surface area contributed by atoms with Crippen LogP contribution < -0.4 is 5.32 Å². The summed E-state index contributed by atoms with van der Waals surface area (Å²) >= 11 is 4.22. The molecule has 0 fully saturated rings. The normalized spacial score (nSPS) is 14.8.